The van der Waals surface area contributed by atoms with Gasteiger partial charge >= 0.3 is 0 Å². The highest BCUT2D eigenvalue weighted by Gasteiger charge is 2.18. The van der Waals surface area contributed by atoms with Gasteiger partial charge in [-0.3, -0.25) is 0 Å². The highest BCUT2D eigenvalue weighted by molar-refractivity contribution is 7.99. The van der Waals surface area contributed by atoms with Crippen molar-refractivity contribution in [3.05, 3.63) is 54.1 Å². The molecule has 0 aromatic heterocycles. The van der Waals surface area contributed by atoms with Gasteiger partial charge in [0.25, 0.3) is 5.76 Å². The van der Waals surface area contributed by atoms with E-state index in [1.54, 1.807) is 31.4 Å². The number of thiocarbonyl (C=S) groups is 1. The highest BCUT2D eigenvalue weighted by Crippen LogP contribution is 2.28. The van der Waals surface area contributed by atoms with Crippen LogP contribution in [0.25, 0.3) is 0 Å². The maximum Gasteiger partial charge on any atom is 0.288 e. The first-order chi connectivity index (χ1) is 12.9. The van der Waals surface area contributed by atoms with E-state index < -0.39 is 5.76 Å². The molecule has 1 atom stereocenters. The topological polar surface area (TPSA) is 36.5 Å². The number of nitrogens with one attached hydrogen (secondary N) is 2. The lowest BCUT2D eigenvalue weighted by Crippen LogP contribution is -2.36. The largest absolute Gasteiger partial charge is 0.496 e. The molecule has 0 aliphatic carbocycles. The van der Waals surface area contributed by atoms with Crippen LogP contribution < -0.4 is 15.4 Å². The minimum absolute atomic E-state index is 0.0608. The average molecular weight is 412 g/mol. The molecule has 2 N–H and O–H groups in total. The third kappa shape index (κ3) is 6.64. The number of anilines is 1. The second-order valence-electron chi connectivity index (χ2n) is 5.96. The number of hydrogen-bond acceptors (Lipinski definition) is 4. The maximum absolute atomic E-state index is 12.4. The first-order valence-electron chi connectivity index (χ1n) is 8.29. The number of rotatable bonds is 8. The van der Waals surface area contributed by atoms with Crippen LogP contribution in [0.5, 0.6) is 5.75 Å². The summed E-state index contributed by atoms with van der Waals surface area (Å²) >= 11 is 5.88. The minimum Gasteiger partial charge on any atom is -0.496 e. The van der Waals surface area contributed by atoms with Gasteiger partial charge in [0.2, 0.25) is 0 Å². The fourth-order valence-electron chi connectivity index (χ4n) is 2.60. The van der Waals surface area contributed by atoms with Gasteiger partial charge in [-0.15, -0.1) is 0 Å². The molecule has 8 heteroatoms. The second-order valence-corrected chi connectivity index (χ2v) is 7.43. The zero-order valence-electron chi connectivity index (χ0n) is 15.4. The number of nitrogens with zero attached hydrogens (tertiary/aromatic N) is 1. The molecule has 0 fully saturated rings. The Kier molecular flexibility index (Phi) is 8.27. The Bertz CT molecular complexity index is 742. The van der Waals surface area contributed by atoms with Crippen LogP contribution in [0, 0.1) is 0 Å². The van der Waals surface area contributed by atoms with E-state index in [0.29, 0.717) is 28.3 Å². The third-order valence-corrected chi connectivity index (χ3v) is 4.88. The summed E-state index contributed by atoms with van der Waals surface area (Å²) in [5.74, 6) is -1.60. The fourth-order valence-corrected chi connectivity index (χ4v) is 3.30. The molecular formula is C19H23F2N3OS2. The van der Waals surface area contributed by atoms with Gasteiger partial charge < -0.3 is 20.3 Å². The third-order valence-electron chi connectivity index (χ3n) is 3.91. The van der Waals surface area contributed by atoms with E-state index >= 15 is 0 Å². The van der Waals surface area contributed by atoms with E-state index in [4.69, 9.17) is 17.0 Å². The minimum atomic E-state index is -2.43. The summed E-state index contributed by atoms with van der Waals surface area (Å²) in [5.41, 5.74) is 1.80. The molecule has 2 aromatic carbocycles. The number of hydrogen-bond donors (Lipinski definition) is 2. The van der Waals surface area contributed by atoms with Crippen molar-refractivity contribution in [3.8, 4) is 5.75 Å². The predicted octanol–water partition coefficient (Wildman–Crippen LogP) is 4.60. The number of methoxy groups -OCH3 is 1. The van der Waals surface area contributed by atoms with E-state index in [1.165, 1.54) is 0 Å². The SMILES string of the molecule is COc1ccccc1[C@H](CNC(=S)Nc1ccc(SC(F)F)cc1)N(C)C. The van der Waals surface area contributed by atoms with Gasteiger partial charge in [0.1, 0.15) is 5.75 Å². The number of halogens is 2. The quantitative estimate of drug-likeness (QED) is 0.488. The Morgan fingerprint density at radius 3 is 2.41 bits per heavy atom. The normalized spacial score (nSPS) is 12.1. The van der Waals surface area contributed by atoms with E-state index in [-0.39, 0.29) is 6.04 Å². The lowest BCUT2D eigenvalue weighted by Gasteiger charge is -2.27. The molecule has 0 amide bonds. The van der Waals surface area contributed by atoms with Crippen LogP contribution in [0.4, 0.5) is 14.5 Å². The molecule has 0 spiro atoms. The lowest BCUT2D eigenvalue weighted by atomic mass is 10.0. The monoisotopic (exact) mass is 411 g/mol. The predicted molar refractivity (Wildman–Crippen MR) is 112 cm³/mol. The van der Waals surface area contributed by atoms with Gasteiger partial charge in [0.05, 0.1) is 13.2 Å². The molecule has 2 aromatic rings. The van der Waals surface area contributed by atoms with E-state index in [0.717, 1.165) is 17.0 Å². The van der Waals surface area contributed by atoms with Crippen molar-refractivity contribution >= 4 is 34.8 Å². The van der Waals surface area contributed by atoms with E-state index in [9.17, 15) is 8.78 Å². The van der Waals surface area contributed by atoms with Gasteiger partial charge in [-0.2, -0.15) is 8.78 Å². The highest BCUT2D eigenvalue weighted by atomic mass is 32.2. The van der Waals surface area contributed by atoms with E-state index in [2.05, 4.69) is 15.5 Å². The standard InChI is InChI=1S/C19H23F2N3OS2/c1-24(2)16(15-6-4-5-7-17(15)25-3)12-22-19(26)23-13-8-10-14(11-9-13)27-18(20)21/h4-11,16,18H,12H2,1-3H3,(H2,22,23,26)/t16-/m0/s1. The number of likely N-dealkylation sites (N-methyl/N-ethyl adjacent to an activating group) is 1. The van der Waals surface area contributed by atoms with Gasteiger partial charge in [-0.25, -0.2) is 0 Å². The van der Waals surface area contributed by atoms with Crippen molar-refractivity contribution in [1.82, 2.24) is 10.2 Å². The zero-order valence-corrected chi connectivity index (χ0v) is 17.0. The van der Waals surface area contributed by atoms with Crippen LogP contribution in [-0.4, -0.2) is 43.5 Å². The summed E-state index contributed by atoms with van der Waals surface area (Å²) in [6, 6.07) is 14.7. The molecule has 0 unspecified atom stereocenters. The maximum atomic E-state index is 12.4. The summed E-state index contributed by atoms with van der Waals surface area (Å²) in [5, 5.41) is 6.74. The van der Waals surface area contributed by atoms with E-state index in [1.807, 2.05) is 38.4 Å². The van der Waals surface area contributed by atoms with Crippen molar-refractivity contribution in [3.63, 3.8) is 0 Å². The lowest BCUT2D eigenvalue weighted by molar-refractivity contribution is 0.252. The van der Waals surface area contributed by atoms with Crippen LogP contribution in [0.15, 0.2) is 53.4 Å². The molecule has 146 valence electrons. The molecule has 2 rings (SSSR count). The first kappa shape index (κ1) is 21.4. The Balaban J connectivity index is 1.96. The summed E-state index contributed by atoms with van der Waals surface area (Å²) in [7, 11) is 5.64. The van der Waals surface area contributed by atoms with Crippen molar-refractivity contribution in [1.29, 1.82) is 0 Å². The Morgan fingerprint density at radius 1 is 1.15 bits per heavy atom. The first-order valence-corrected chi connectivity index (χ1v) is 9.58. The van der Waals surface area contributed by atoms with Crippen molar-refractivity contribution in [2.24, 2.45) is 0 Å². The fraction of sp³-hybridized carbons (Fsp3) is 0.316. The van der Waals surface area contributed by atoms with Crippen LogP contribution in [0.1, 0.15) is 11.6 Å². The molecule has 0 saturated heterocycles. The molecular weight excluding hydrogens is 388 g/mol. The van der Waals surface area contributed by atoms with Crippen molar-refractivity contribution in [2.75, 3.05) is 33.1 Å². The molecule has 4 nitrogen and oxygen atoms in total. The van der Waals surface area contributed by atoms with Gasteiger partial charge in [-0.05, 0) is 56.6 Å². The van der Waals surface area contributed by atoms with Gasteiger partial charge in [-0.1, -0.05) is 30.0 Å². The number of benzene rings is 2. The number of alkyl halides is 2. The Hall–Kier alpha value is -1.90. The molecule has 0 saturated carbocycles. The summed E-state index contributed by atoms with van der Waals surface area (Å²) in [6.07, 6.45) is 0. The van der Waals surface area contributed by atoms with Crippen LogP contribution in [0.2, 0.25) is 0 Å². The Labute approximate surface area is 168 Å². The van der Waals surface area contributed by atoms with Crippen molar-refractivity contribution in [2.45, 2.75) is 16.7 Å². The summed E-state index contributed by atoms with van der Waals surface area (Å²) < 4.78 is 30.2. The molecule has 0 aliphatic rings. The van der Waals surface area contributed by atoms with Crippen LogP contribution in [0.3, 0.4) is 0 Å². The molecule has 27 heavy (non-hydrogen) atoms. The number of thioether (sulfide) groups is 1. The zero-order chi connectivity index (χ0) is 19.8. The number of para-hydroxylation sites is 1. The van der Waals surface area contributed by atoms with Gasteiger partial charge in [0, 0.05) is 22.7 Å². The van der Waals surface area contributed by atoms with Crippen LogP contribution in [-0.2, 0) is 0 Å². The smallest absolute Gasteiger partial charge is 0.288 e. The molecule has 0 aliphatic heterocycles. The average Bonchev–Trinajstić information content (AvgIpc) is 2.63. The summed E-state index contributed by atoms with van der Waals surface area (Å²) in [6.45, 7) is 0.582. The van der Waals surface area contributed by atoms with Gasteiger partial charge in [0.15, 0.2) is 5.11 Å². The second kappa shape index (κ2) is 10.4. The van der Waals surface area contributed by atoms with Crippen molar-refractivity contribution < 1.29 is 13.5 Å². The number of ether oxygens (including phenoxy) is 1. The molecule has 0 bridgehead atoms. The summed E-state index contributed by atoms with van der Waals surface area (Å²) in [4.78, 5) is 2.60. The molecule has 0 heterocycles. The molecule has 0 radical (unpaired) electrons. The van der Waals surface area contributed by atoms with Crippen LogP contribution >= 0.6 is 24.0 Å². The Morgan fingerprint density at radius 2 is 1.81 bits per heavy atom.